The number of ketones is 1. The number of fused-ring (bicyclic) bond motifs is 1. The molecule has 0 saturated carbocycles. The number of ether oxygens (including phenoxy) is 3. The Morgan fingerprint density at radius 3 is 2.26 bits per heavy atom. The number of hydrogen-bond donors (Lipinski definition) is 1. The fraction of sp³-hybridized carbons (Fsp3) is 0.185. The number of hydrogen-bond acceptors (Lipinski definition) is 5. The van der Waals surface area contributed by atoms with E-state index in [0.717, 1.165) is 6.07 Å². The number of carbonyl (C=O) groups excluding carboxylic acids is 1. The van der Waals surface area contributed by atoms with Crippen molar-refractivity contribution in [3.8, 4) is 22.9 Å². The average molecular weight is 548 g/mol. The maximum absolute atomic E-state index is 13.6. The van der Waals surface area contributed by atoms with Crippen LogP contribution in [0.2, 0.25) is 5.02 Å². The van der Waals surface area contributed by atoms with Crippen LogP contribution in [0, 0.1) is 6.92 Å². The zero-order chi connectivity index (χ0) is 27.8. The smallest absolute Gasteiger partial charge is 0.497 e. The molecule has 0 spiro atoms. The van der Waals surface area contributed by atoms with Crippen molar-refractivity contribution in [2.75, 3.05) is 7.11 Å². The van der Waals surface area contributed by atoms with Crippen LogP contribution < -0.4 is 14.2 Å². The number of alkyl halides is 3. The monoisotopic (exact) mass is 547 g/mol. The molecule has 0 amide bonds. The van der Waals surface area contributed by atoms with E-state index in [4.69, 9.17) is 21.1 Å². The predicted molar refractivity (Wildman–Crippen MR) is 134 cm³/mol. The Bertz CT molecular complexity index is 1530. The zero-order valence-corrected chi connectivity index (χ0v) is 21.1. The first-order valence-corrected chi connectivity index (χ1v) is 11.6. The van der Waals surface area contributed by atoms with Crippen LogP contribution in [0.3, 0.4) is 0 Å². The third-order valence-corrected chi connectivity index (χ3v) is 6.13. The van der Waals surface area contributed by atoms with Crippen molar-refractivity contribution in [1.29, 1.82) is 0 Å². The van der Waals surface area contributed by atoms with Crippen molar-refractivity contribution < 1.29 is 42.1 Å². The number of nitrogens with zero attached hydrogens (tertiary/aromatic N) is 1. The Balaban J connectivity index is 1.93. The van der Waals surface area contributed by atoms with E-state index in [1.54, 1.807) is 41.8 Å². The van der Waals surface area contributed by atoms with E-state index in [0.29, 0.717) is 28.1 Å². The van der Waals surface area contributed by atoms with E-state index in [2.05, 4.69) is 4.74 Å². The van der Waals surface area contributed by atoms with E-state index in [1.165, 1.54) is 38.3 Å². The molecule has 0 aliphatic carbocycles. The zero-order valence-electron chi connectivity index (χ0n) is 20.3. The minimum atomic E-state index is -4.92. The number of benzene rings is 3. The first-order chi connectivity index (χ1) is 17.9. The van der Waals surface area contributed by atoms with Gasteiger partial charge in [-0.15, -0.1) is 13.2 Å². The number of methoxy groups -OCH3 is 1. The summed E-state index contributed by atoms with van der Waals surface area (Å²) in [5, 5.41) is 9.73. The normalized spacial score (nSPS) is 12.3. The van der Waals surface area contributed by atoms with Gasteiger partial charge in [-0.05, 0) is 62.4 Å². The van der Waals surface area contributed by atoms with Crippen molar-refractivity contribution >= 4 is 34.3 Å². The number of rotatable bonds is 8. The lowest BCUT2D eigenvalue weighted by atomic mass is 10.0. The third kappa shape index (κ3) is 5.40. The number of carboxylic acid groups (broad SMARTS) is 1. The molecule has 1 aromatic heterocycles. The molecule has 0 fully saturated rings. The number of aliphatic carboxylic acids is 1. The van der Waals surface area contributed by atoms with Crippen LogP contribution in [0.4, 0.5) is 13.2 Å². The number of aromatic nitrogens is 1. The highest BCUT2D eigenvalue weighted by Gasteiger charge is 2.32. The van der Waals surface area contributed by atoms with Gasteiger partial charge in [-0.25, -0.2) is 4.79 Å². The van der Waals surface area contributed by atoms with Crippen LogP contribution >= 0.6 is 11.6 Å². The quantitative estimate of drug-likeness (QED) is 0.251. The Labute approximate surface area is 219 Å². The molecule has 0 radical (unpaired) electrons. The van der Waals surface area contributed by atoms with E-state index >= 15 is 0 Å². The van der Waals surface area contributed by atoms with Gasteiger partial charge in [0.1, 0.15) is 17.2 Å². The summed E-state index contributed by atoms with van der Waals surface area (Å²) >= 11 is 6.21. The van der Waals surface area contributed by atoms with Crippen LogP contribution in [-0.2, 0) is 4.79 Å². The molecule has 1 atom stereocenters. The van der Waals surface area contributed by atoms with Gasteiger partial charge in [0.25, 0.3) is 0 Å². The van der Waals surface area contributed by atoms with Crippen LogP contribution in [0.1, 0.15) is 28.5 Å². The molecule has 7 nitrogen and oxygen atoms in total. The first kappa shape index (κ1) is 26.9. The lowest BCUT2D eigenvalue weighted by Gasteiger charge is -2.15. The first-order valence-electron chi connectivity index (χ1n) is 11.2. The molecule has 0 saturated heterocycles. The van der Waals surface area contributed by atoms with Gasteiger partial charge < -0.3 is 23.9 Å². The van der Waals surface area contributed by atoms with Crippen molar-refractivity contribution in [2.45, 2.75) is 26.3 Å². The highest BCUT2D eigenvalue weighted by Crippen LogP contribution is 2.37. The van der Waals surface area contributed by atoms with E-state index in [-0.39, 0.29) is 27.6 Å². The molecule has 4 rings (SSSR count). The van der Waals surface area contributed by atoms with Gasteiger partial charge in [-0.3, -0.25) is 4.79 Å². The number of carboxylic acids is 1. The lowest BCUT2D eigenvalue weighted by Crippen LogP contribution is -2.23. The van der Waals surface area contributed by atoms with Gasteiger partial charge in [-0.1, -0.05) is 11.6 Å². The summed E-state index contributed by atoms with van der Waals surface area (Å²) in [6, 6.07) is 14.6. The maximum Gasteiger partial charge on any atom is 0.573 e. The molecule has 4 aromatic rings. The second-order valence-electron chi connectivity index (χ2n) is 8.29. The van der Waals surface area contributed by atoms with Gasteiger partial charge in [0.15, 0.2) is 11.9 Å². The number of carbonyl (C=O) groups is 2. The van der Waals surface area contributed by atoms with Crippen LogP contribution in [-0.4, -0.2) is 41.0 Å². The molecule has 0 aliphatic heterocycles. The topological polar surface area (TPSA) is 87.0 Å². The third-order valence-electron chi connectivity index (χ3n) is 5.81. The molecule has 198 valence electrons. The second kappa shape index (κ2) is 10.3. The standard InChI is InChI=1S/C27H21ClF3NO6/c1-14-24(25(33)16-4-7-18(36-3)8-5-16)20-10-9-19(38-27(29,30)31)13-22(20)32(14)17-6-11-21(28)23(12-17)37-15(2)26(34)35/h4-13,15H,1-3H3,(H,34,35)/t15-/m1/s1. The Hall–Kier alpha value is -4.18. The highest BCUT2D eigenvalue weighted by atomic mass is 35.5. The van der Waals surface area contributed by atoms with Gasteiger partial charge >= 0.3 is 12.3 Å². The van der Waals surface area contributed by atoms with E-state index in [1.807, 2.05) is 0 Å². The minimum absolute atomic E-state index is 0.0473. The summed E-state index contributed by atoms with van der Waals surface area (Å²) < 4.78 is 55.2. The Morgan fingerprint density at radius 1 is 1.00 bits per heavy atom. The number of halogens is 4. The second-order valence-corrected chi connectivity index (χ2v) is 8.70. The SMILES string of the molecule is COc1ccc(C(=O)c2c(C)n(-c3ccc(Cl)c(O[C@H](C)C(=O)O)c3)c3cc(OC(F)(F)F)ccc23)cc1. The fourth-order valence-electron chi connectivity index (χ4n) is 4.06. The summed E-state index contributed by atoms with van der Waals surface area (Å²) in [6.07, 6.45) is -6.14. The molecule has 1 heterocycles. The van der Waals surface area contributed by atoms with E-state index < -0.39 is 24.2 Å². The predicted octanol–water partition coefficient (Wildman–Crippen LogP) is 6.58. The average Bonchev–Trinajstić information content (AvgIpc) is 3.14. The van der Waals surface area contributed by atoms with Crippen LogP contribution in [0.15, 0.2) is 60.7 Å². The summed E-state index contributed by atoms with van der Waals surface area (Å²) in [5.41, 5.74) is 1.66. The Kier molecular flexibility index (Phi) is 7.28. The molecule has 11 heteroatoms. The molecular weight excluding hydrogens is 527 g/mol. The molecule has 38 heavy (non-hydrogen) atoms. The minimum Gasteiger partial charge on any atom is -0.497 e. The highest BCUT2D eigenvalue weighted by molar-refractivity contribution is 6.32. The van der Waals surface area contributed by atoms with Crippen LogP contribution in [0.25, 0.3) is 16.6 Å². The lowest BCUT2D eigenvalue weighted by molar-refractivity contribution is -0.274. The molecule has 0 bridgehead atoms. The van der Waals surface area contributed by atoms with E-state index in [9.17, 15) is 27.9 Å². The molecule has 0 unspecified atom stereocenters. The van der Waals surface area contributed by atoms with Crippen molar-refractivity contribution in [3.63, 3.8) is 0 Å². The van der Waals surface area contributed by atoms with Gasteiger partial charge in [0.05, 0.1) is 23.2 Å². The summed E-state index contributed by atoms with van der Waals surface area (Å²) in [5.74, 6) is -1.44. The molecule has 3 aromatic carbocycles. The summed E-state index contributed by atoms with van der Waals surface area (Å²) in [7, 11) is 1.50. The maximum atomic E-state index is 13.6. The van der Waals surface area contributed by atoms with Gasteiger partial charge in [0, 0.05) is 34.5 Å². The molecular formula is C27H21ClF3NO6. The molecule has 1 N–H and O–H groups in total. The van der Waals surface area contributed by atoms with Crippen molar-refractivity contribution in [3.05, 3.63) is 82.5 Å². The largest absolute Gasteiger partial charge is 0.573 e. The molecule has 0 aliphatic rings. The van der Waals surface area contributed by atoms with Gasteiger partial charge in [0.2, 0.25) is 0 Å². The Morgan fingerprint density at radius 2 is 1.66 bits per heavy atom. The fourth-order valence-corrected chi connectivity index (χ4v) is 4.22. The summed E-state index contributed by atoms with van der Waals surface area (Å²) in [4.78, 5) is 24.9. The van der Waals surface area contributed by atoms with Gasteiger partial charge in [-0.2, -0.15) is 0 Å². The summed E-state index contributed by atoms with van der Waals surface area (Å²) in [6.45, 7) is 2.98. The van der Waals surface area contributed by atoms with Crippen molar-refractivity contribution in [1.82, 2.24) is 4.57 Å². The van der Waals surface area contributed by atoms with Crippen LogP contribution in [0.5, 0.6) is 17.2 Å². The van der Waals surface area contributed by atoms with Crippen molar-refractivity contribution in [2.24, 2.45) is 0 Å².